The van der Waals surface area contributed by atoms with Gasteiger partial charge in [0.1, 0.15) is 4.21 Å². The van der Waals surface area contributed by atoms with E-state index < -0.39 is 10.0 Å². The van der Waals surface area contributed by atoms with Gasteiger partial charge in [-0.2, -0.15) is 0 Å². The van der Waals surface area contributed by atoms with Crippen LogP contribution in [0.2, 0.25) is 0 Å². The number of nitrogens with one attached hydrogen (secondary N) is 2. The third-order valence-corrected chi connectivity index (χ3v) is 6.26. The molecule has 1 aromatic rings. The predicted octanol–water partition coefficient (Wildman–Crippen LogP) is 1.70. The van der Waals surface area contributed by atoms with Gasteiger partial charge in [-0.15, -0.1) is 11.3 Å². The molecule has 20 heavy (non-hydrogen) atoms. The molecule has 0 aromatic carbocycles. The molecule has 1 aliphatic rings. The molecular formula is C13H22N2O3S2. The summed E-state index contributed by atoms with van der Waals surface area (Å²) in [4.78, 5) is 0. The highest BCUT2D eigenvalue weighted by Gasteiger charge is 2.18. The first kappa shape index (κ1) is 15.9. The van der Waals surface area contributed by atoms with Gasteiger partial charge in [0, 0.05) is 19.7 Å². The quantitative estimate of drug-likeness (QED) is 0.803. The largest absolute Gasteiger partial charge is 0.378 e. The Kier molecular flexibility index (Phi) is 5.98. The van der Waals surface area contributed by atoms with Crippen molar-refractivity contribution in [2.45, 2.75) is 42.5 Å². The lowest BCUT2D eigenvalue weighted by molar-refractivity contribution is 0.0123. The third kappa shape index (κ3) is 4.53. The van der Waals surface area contributed by atoms with E-state index in [1.807, 2.05) is 12.4 Å². The minimum absolute atomic E-state index is 0.203. The fraction of sp³-hybridized carbons (Fsp3) is 0.692. The number of rotatable bonds is 7. The van der Waals surface area contributed by atoms with Gasteiger partial charge in [-0.05, 0) is 49.7 Å². The van der Waals surface area contributed by atoms with Gasteiger partial charge >= 0.3 is 0 Å². The molecule has 1 atom stereocenters. The van der Waals surface area contributed by atoms with E-state index in [0.29, 0.717) is 17.3 Å². The molecule has 2 heterocycles. The van der Waals surface area contributed by atoms with Crippen molar-refractivity contribution >= 4 is 21.4 Å². The number of hydrogen-bond acceptors (Lipinski definition) is 5. The van der Waals surface area contributed by atoms with Crippen molar-refractivity contribution in [2.24, 2.45) is 0 Å². The summed E-state index contributed by atoms with van der Waals surface area (Å²) in [5.74, 6) is 0. The SMILES string of the molecule is CNCc1csc(S(=O)(=O)NCCC2CCCCO2)c1. The Morgan fingerprint density at radius 2 is 2.30 bits per heavy atom. The topological polar surface area (TPSA) is 67.4 Å². The predicted molar refractivity (Wildman–Crippen MR) is 80.5 cm³/mol. The highest BCUT2D eigenvalue weighted by molar-refractivity contribution is 7.91. The lowest BCUT2D eigenvalue weighted by Crippen LogP contribution is -2.29. The van der Waals surface area contributed by atoms with Crippen LogP contribution in [0, 0.1) is 0 Å². The molecule has 1 unspecified atom stereocenters. The molecule has 2 N–H and O–H groups in total. The van der Waals surface area contributed by atoms with E-state index in [1.165, 1.54) is 17.8 Å². The first-order chi connectivity index (χ1) is 9.62. The summed E-state index contributed by atoms with van der Waals surface area (Å²) in [5, 5.41) is 4.88. The summed E-state index contributed by atoms with van der Waals surface area (Å²) >= 11 is 1.26. The normalized spacial score (nSPS) is 20.1. The molecule has 0 aliphatic carbocycles. The number of sulfonamides is 1. The van der Waals surface area contributed by atoms with Crippen LogP contribution >= 0.6 is 11.3 Å². The highest BCUT2D eigenvalue weighted by atomic mass is 32.2. The summed E-state index contributed by atoms with van der Waals surface area (Å²) in [5.41, 5.74) is 0.994. The van der Waals surface area contributed by atoms with Gasteiger partial charge in [-0.25, -0.2) is 13.1 Å². The summed E-state index contributed by atoms with van der Waals surface area (Å²) in [6.45, 7) is 1.92. The molecule has 0 spiro atoms. The lowest BCUT2D eigenvalue weighted by atomic mass is 10.1. The first-order valence-electron chi connectivity index (χ1n) is 6.95. The van der Waals surface area contributed by atoms with Crippen molar-refractivity contribution in [1.29, 1.82) is 0 Å². The zero-order valence-electron chi connectivity index (χ0n) is 11.7. The second kappa shape index (κ2) is 7.51. The minimum Gasteiger partial charge on any atom is -0.378 e. The van der Waals surface area contributed by atoms with Crippen molar-refractivity contribution in [2.75, 3.05) is 20.2 Å². The van der Waals surface area contributed by atoms with Crippen LogP contribution in [0.25, 0.3) is 0 Å². The summed E-state index contributed by atoms with van der Waals surface area (Å²) in [6.07, 6.45) is 4.28. The summed E-state index contributed by atoms with van der Waals surface area (Å²) in [7, 11) is -1.53. The van der Waals surface area contributed by atoms with E-state index in [0.717, 1.165) is 31.4 Å². The fourth-order valence-corrected chi connectivity index (χ4v) is 4.55. The van der Waals surface area contributed by atoms with Crippen molar-refractivity contribution in [3.8, 4) is 0 Å². The lowest BCUT2D eigenvalue weighted by Gasteiger charge is -2.22. The van der Waals surface area contributed by atoms with E-state index in [2.05, 4.69) is 10.0 Å². The van der Waals surface area contributed by atoms with Gasteiger partial charge in [0.05, 0.1) is 6.10 Å². The maximum atomic E-state index is 12.1. The maximum absolute atomic E-state index is 12.1. The number of ether oxygens (including phenoxy) is 1. The van der Waals surface area contributed by atoms with Gasteiger partial charge in [0.2, 0.25) is 10.0 Å². The zero-order valence-corrected chi connectivity index (χ0v) is 13.4. The first-order valence-corrected chi connectivity index (χ1v) is 9.31. The van der Waals surface area contributed by atoms with Crippen LogP contribution in [0.1, 0.15) is 31.2 Å². The van der Waals surface area contributed by atoms with Crippen molar-refractivity contribution < 1.29 is 13.2 Å². The maximum Gasteiger partial charge on any atom is 0.250 e. The van der Waals surface area contributed by atoms with Crippen molar-refractivity contribution in [1.82, 2.24) is 10.0 Å². The van der Waals surface area contributed by atoms with Crippen LogP contribution in [0.15, 0.2) is 15.7 Å². The van der Waals surface area contributed by atoms with Crippen molar-refractivity contribution in [3.63, 3.8) is 0 Å². The molecule has 0 amide bonds. The van der Waals surface area contributed by atoms with Gasteiger partial charge < -0.3 is 10.1 Å². The fourth-order valence-electron chi connectivity index (χ4n) is 2.25. The summed E-state index contributed by atoms with van der Waals surface area (Å²) in [6, 6.07) is 1.72. The van der Waals surface area contributed by atoms with Gasteiger partial charge in [-0.1, -0.05) is 0 Å². The van der Waals surface area contributed by atoms with Gasteiger partial charge in [0.25, 0.3) is 0 Å². The Balaban J connectivity index is 1.83. The molecule has 7 heteroatoms. The van der Waals surface area contributed by atoms with E-state index in [9.17, 15) is 8.42 Å². The van der Waals surface area contributed by atoms with Crippen LogP contribution in [0.5, 0.6) is 0 Å². The molecule has 114 valence electrons. The van der Waals surface area contributed by atoms with Crippen molar-refractivity contribution in [3.05, 3.63) is 17.0 Å². The van der Waals surface area contributed by atoms with E-state index in [4.69, 9.17) is 4.74 Å². The Labute approximate surface area is 124 Å². The Morgan fingerprint density at radius 1 is 1.45 bits per heavy atom. The molecular weight excluding hydrogens is 296 g/mol. The molecule has 0 bridgehead atoms. The number of hydrogen-bond donors (Lipinski definition) is 2. The number of thiophene rings is 1. The molecule has 0 saturated carbocycles. The second-order valence-corrected chi connectivity index (χ2v) is 7.88. The van der Waals surface area contributed by atoms with Crippen LogP contribution in [0.4, 0.5) is 0 Å². The van der Waals surface area contributed by atoms with Gasteiger partial charge in [0.15, 0.2) is 0 Å². The van der Waals surface area contributed by atoms with E-state index in [1.54, 1.807) is 6.07 Å². The molecule has 1 saturated heterocycles. The van der Waals surface area contributed by atoms with Crippen LogP contribution in [-0.2, 0) is 21.3 Å². The third-order valence-electron chi connectivity index (χ3n) is 3.31. The summed E-state index contributed by atoms with van der Waals surface area (Å²) < 4.78 is 32.9. The average Bonchev–Trinajstić information content (AvgIpc) is 2.90. The molecule has 5 nitrogen and oxygen atoms in total. The monoisotopic (exact) mass is 318 g/mol. The standard InChI is InChI=1S/C13H22N2O3S2/c1-14-9-11-8-13(19-10-11)20(16,17)15-6-5-12-4-2-3-7-18-12/h8,10,12,14-15H,2-7,9H2,1H3. The van der Waals surface area contributed by atoms with Crippen LogP contribution in [0.3, 0.4) is 0 Å². The molecule has 1 aromatic heterocycles. The van der Waals surface area contributed by atoms with E-state index >= 15 is 0 Å². The zero-order chi connectivity index (χ0) is 14.4. The average molecular weight is 318 g/mol. The molecule has 1 aliphatic heterocycles. The molecule has 2 rings (SSSR count). The minimum atomic E-state index is -3.37. The molecule has 1 fully saturated rings. The Morgan fingerprint density at radius 3 is 3.00 bits per heavy atom. The Hall–Kier alpha value is -0.470. The van der Waals surface area contributed by atoms with E-state index in [-0.39, 0.29) is 6.10 Å². The Bertz CT molecular complexity index is 507. The van der Waals surface area contributed by atoms with Gasteiger partial charge in [-0.3, -0.25) is 0 Å². The highest BCUT2D eigenvalue weighted by Crippen LogP contribution is 2.20. The van der Waals surface area contributed by atoms with Crippen LogP contribution < -0.4 is 10.0 Å². The van der Waals surface area contributed by atoms with Crippen LogP contribution in [-0.4, -0.2) is 34.7 Å². The molecule has 0 radical (unpaired) electrons. The smallest absolute Gasteiger partial charge is 0.250 e. The second-order valence-electron chi connectivity index (χ2n) is 4.98.